The highest BCUT2D eigenvalue weighted by molar-refractivity contribution is 5.92. The van der Waals surface area contributed by atoms with Crippen molar-refractivity contribution in [3.8, 4) is 0 Å². The zero-order valence-electron chi connectivity index (χ0n) is 12.6. The number of hydrogen-bond donors (Lipinski definition) is 2. The van der Waals surface area contributed by atoms with E-state index < -0.39 is 5.97 Å². The highest BCUT2D eigenvalue weighted by Crippen LogP contribution is 2.12. The molecular formula is C14H19N5O3. The molecule has 118 valence electrons. The number of carbonyl (C=O) groups excluding carboxylic acids is 1. The number of aromatic nitrogens is 4. The maximum absolute atomic E-state index is 12.3. The van der Waals surface area contributed by atoms with Gasteiger partial charge in [-0.3, -0.25) is 19.0 Å². The summed E-state index contributed by atoms with van der Waals surface area (Å²) in [7, 11) is 0. The van der Waals surface area contributed by atoms with Gasteiger partial charge in [0.25, 0.3) is 5.91 Å². The Balaban J connectivity index is 2.06. The van der Waals surface area contributed by atoms with Gasteiger partial charge in [-0.15, -0.1) is 0 Å². The summed E-state index contributed by atoms with van der Waals surface area (Å²) in [6, 6.07) is 3.22. The lowest BCUT2D eigenvalue weighted by atomic mass is 10.2. The van der Waals surface area contributed by atoms with Gasteiger partial charge in [-0.1, -0.05) is 0 Å². The van der Waals surface area contributed by atoms with Gasteiger partial charge in [-0.25, -0.2) is 0 Å². The average molecular weight is 305 g/mol. The Morgan fingerprint density at radius 3 is 2.64 bits per heavy atom. The summed E-state index contributed by atoms with van der Waals surface area (Å²) < 4.78 is 3.21. The molecule has 0 radical (unpaired) electrons. The highest BCUT2D eigenvalue weighted by atomic mass is 16.4. The van der Waals surface area contributed by atoms with Crippen LogP contribution in [0.4, 0.5) is 0 Å². The fourth-order valence-electron chi connectivity index (χ4n) is 2.22. The number of carbonyl (C=O) groups is 2. The number of carboxylic acids is 1. The zero-order valence-corrected chi connectivity index (χ0v) is 12.6. The number of nitrogens with zero attached hydrogens (tertiary/aromatic N) is 4. The van der Waals surface area contributed by atoms with Gasteiger partial charge in [0.15, 0.2) is 0 Å². The summed E-state index contributed by atoms with van der Waals surface area (Å²) in [5.41, 5.74) is 1.25. The molecule has 0 aromatic carbocycles. The number of carboxylic acid groups (broad SMARTS) is 1. The summed E-state index contributed by atoms with van der Waals surface area (Å²) in [6.45, 7) is 4.73. The van der Waals surface area contributed by atoms with E-state index in [4.69, 9.17) is 5.11 Å². The molecule has 0 bridgehead atoms. The smallest absolute Gasteiger partial charge is 0.305 e. The first-order valence-electron chi connectivity index (χ1n) is 7.09. The lowest BCUT2D eigenvalue weighted by Gasteiger charge is -2.15. The molecule has 0 saturated carbocycles. The van der Waals surface area contributed by atoms with Crippen molar-refractivity contribution < 1.29 is 14.7 Å². The Kier molecular flexibility index (Phi) is 4.92. The van der Waals surface area contributed by atoms with Gasteiger partial charge < -0.3 is 10.4 Å². The number of amides is 1. The maximum Gasteiger partial charge on any atom is 0.305 e. The summed E-state index contributed by atoms with van der Waals surface area (Å²) >= 11 is 0. The second-order valence-corrected chi connectivity index (χ2v) is 4.85. The van der Waals surface area contributed by atoms with Crippen molar-refractivity contribution in [2.75, 3.05) is 0 Å². The zero-order chi connectivity index (χ0) is 16.1. The first-order valence-corrected chi connectivity index (χ1v) is 7.09. The van der Waals surface area contributed by atoms with E-state index in [-0.39, 0.29) is 24.9 Å². The first-order chi connectivity index (χ1) is 10.5. The lowest BCUT2D eigenvalue weighted by molar-refractivity contribution is -0.137. The molecule has 22 heavy (non-hydrogen) atoms. The van der Waals surface area contributed by atoms with Crippen LogP contribution >= 0.6 is 0 Å². The number of aryl methyl sites for hydroxylation is 2. The predicted octanol–water partition coefficient (Wildman–Crippen LogP) is 1.07. The summed E-state index contributed by atoms with van der Waals surface area (Å²) in [6.07, 6.45) is 3.09. The van der Waals surface area contributed by atoms with Crippen molar-refractivity contribution >= 4 is 11.9 Å². The van der Waals surface area contributed by atoms with Crippen LogP contribution in [0.5, 0.6) is 0 Å². The molecule has 0 aliphatic rings. The third kappa shape index (κ3) is 3.51. The van der Waals surface area contributed by atoms with Crippen molar-refractivity contribution in [1.82, 2.24) is 24.9 Å². The van der Waals surface area contributed by atoms with Crippen molar-refractivity contribution in [3.63, 3.8) is 0 Å². The Labute approximate surface area is 127 Å². The van der Waals surface area contributed by atoms with Crippen LogP contribution in [0.15, 0.2) is 24.5 Å². The second-order valence-electron chi connectivity index (χ2n) is 4.85. The number of hydrogen-bond acceptors (Lipinski definition) is 4. The van der Waals surface area contributed by atoms with Crippen molar-refractivity contribution in [2.45, 2.75) is 39.4 Å². The third-order valence-corrected chi connectivity index (χ3v) is 3.33. The molecule has 2 aromatic heterocycles. The minimum absolute atomic E-state index is 0.0832. The van der Waals surface area contributed by atoms with Crippen molar-refractivity contribution in [2.24, 2.45) is 0 Å². The van der Waals surface area contributed by atoms with Crippen LogP contribution in [-0.2, 0) is 17.9 Å². The van der Waals surface area contributed by atoms with Crippen LogP contribution in [0, 0.1) is 0 Å². The molecule has 0 saturated heterocycles. The highest BCUT2D eigenvalue weighted by Gasteiger charge is 2.17. The molecule has 2 heterocycles. The summed E-state index contributed by atoms with van der Waals surface area (Å²) in [4.78, 5) is 23.0. The fourth-order valence-corrected chi connectivity index (χ4v) is 2.22. The number of aliphatic carboxylic acids is 1. The van der Waals surface area contributed by atoms with Gasteiger partial charge in [0, 0.05) is 18.9 Å². The molecule has 0 aliphatic heterocycles. The van der Waals surface area contributed by atoms with Gasteiger partial charge in [0.1, 0.15) is 5.69 Å². The van der Waals surface area contributed by atoms with Crippen LogP contribution in [0.25, 0.3) is 0 Å². The monoisotopic (exact) mass is 305 g/mol. The van der Waals surface area contributed by atoms with Crippen LogP contribution in [0.3, 0.4) is 0 Å². The van der Waals surface area contributed by atoms with E-state index in [1.807, 2.05) is 24.6 Å². The van der Waals surface area contributed by atoms with Crippen molar-refractivity contribution in [1.29, 1.82) is 0 Å². The minimum Gasteiger partial charge on any atom is -0.481 e. The fraction of sp³-hybridized carbons (Fsp3) is 0.429. The molecule has 1 unspecified atom stereocenters. The Bertz CT molecular complexity index is 661. The van der Waals surface area contributed by atoms with Crippen LogP contribution in [-0.4, -0.2) is 36.5 Å². The molecule has 2 aromatic rings. The molecule has 8 heteroatoms. The van der Waals surface area contributed by atoms with E-state index in [1.54, 1.807) is 12.3 Å². The molecule has 1 atom stereocenters. The second kappa shape index (κ2) is 6.88. The van der Waals surface area contributed by atoms with Gasteiger partial charge in [0.05, 0.1) is 24.7 Å². The lowest BCUT2D eigenvalue weighted by Crippen LogP contribution is -2.30. The normalized spacial score (nSPS) is 12.1. The van der Waals surface area contributed by atoms with E-state index >= 15 is 0 Å². The number of nitrogens with one attached hydrogen (secondary N) is 1. The molecule has 0 aliphatic carbocycles. The number of rotatable bonds is 7. The Morgan fingerprint density at radius 2 is 1.95 bits per heavy atom. The van der Waals surface area contributed by atoms with Crippen molar-refractivity contribution in [3.05, 3.63) is 35.9 Å². The van der Waals surface area contributed by atoms with E-state index in [0.717, 1.165) is 12.2 Å². The maximum atomic E-state index is 12.3. The first kappa shape index (κ1) is 15.7. The van der Waals surface area contributed by atoms with Crippen LogP contribution in [0.1, 0.15) is 42.5 Å². The molecule has 2 N–H and O–H groups in total. The summed E-state index contributed by atoms with van der Waals surface area (Å²) in [5.74, 6) is -1.22. The van der Waals surface area contributed by atoms with E-state index in [9.17, 15) is 9.59 Å². The Morgan fingerprint density at radius 1 is 1.27 bits per heavy atom. The van der Waals surface area contributed by atoms with Gasteiger partial charge in [-0.2, -0.15) is 10.2 Å². The van der Waals surface area contributed by atoms with Gasteiger partial charge in [0.2, 0.25) is 0 Å². The molecule has 0 fully saturated rings. The molecule has 1 amide bonds. The standard InChI is InChI=1S/C14H19N5O3/c1-3-18-11(4-7-15-18)10(2)17-14(22)12-5-8-16-19(12)9-6-13(20)21/h4-5,7-8,10H,3,6,9H2,1-2H3,(H,17,22)(H,20,21). The quantitative estimate of drug-likeness (QED) is 0.796. The molecule has 8 nitrogen and oxygen atoms in total. The van der Waals surface area contributed by atoms with E-state index in [1.165, 1.54) is 10.9 Å². The minimum atomic E-state index is -0.929. The van der Waals surface area contributed by atoms with Gasteiger partial charge in [-0.05, 0) is 26.0 Å². The molecule has 0 spiro atoms. The molecule has 2 rings (SSSR count). The molecular weight excluding hydrogens is 286 g/mol. The average Bonchev–Trinajstić information content (AvgIpc) is 3.13. The topological polar surface area (TPSA) is 102 Å². The van der Waals surface area contributed by atoms with Gasteiger partial charge >= 0.3 is 5.97 Å². The van der Waals surface area contributed by atoms with Crippen LogP contribution in [0.2, 0.25) is 0 Å². The third-order valence-electron chi connectivity index (χ3n) is 3.33. The SMILES string of the molecule is CCn1nccc1C(C)NC(=O)c1ccnn1CCC(=O)O. The Hall–Kier alpha value is -2.64. The van der Waals surface area contributed by atoms with E-state index in [0.29, 0.717) is 5.69 Å². The predicted molar refractivity (Wildman–Crippen MR) is 78.3 cm³/mol. The van der Waals surface area contributed by atoms with E-state index in [2.05, 4.69) is 15.5 Å². The summed E-state index contributed by atoms with van der Waals surface area (Å²) in [5, 5.41) is 19.8. The van der Waals surface area contributed by atoms with Crippen LogP contribution < -0.4 is 5.32 Å². The largest absolute Gasteiger partial charge is 0.481 e.